The molecule has 9 nitrogen and oxygen atoms in total. The van der Waals surface area contributed by atoms with Crippen LogP contribution in [0.25, 0.3) is 0 Å². The molecule has 3 atom stereocenters. The molecule has 0 bridgehead atoms. The van der Waals surface area contributed by atoms with Crippen LogP contribution in [0.15, 0.2) is 12.2 Å². The summed E-state index contributed by atoms with van der Waals surface area (Å²) < 4.78 is 25.6. The van der Waals surface area contributed by atoms with E-state index in [2.05, 4.69) is 28.1 Å². The molecule has 0 aliphatic heterocycles. The number of unbranched alkanes of at least 4 members (excludes halogenated alkanes) is 19. The first kappa shape index (κ1) is 41.2. The van der Waals surface area contributed by atoms with Gasteiger partial charge in [0, 0.05) is 6.42 Å². The van der Waals surface area contributed by atoms with Gasteiger partial charge in [-0.05, 0) is 32.1 Å². The predicted molar refractivity (Wildman–Crippen MR) is 168 cm³/mol. The Balaban J connectivity index is 3.41. The summed E-state index contributed by atoms with van der Waals surface area (Å²) in [5, 5.41) is 27.5. The Hall–Kier alpha value is -0.800. The number of allylic oxidation sites excluding steroid dienone is 2. The lowest BCUT2D eigenvalue weighted by molar-refractivity contribution is -0.147. The minimum Gasteiger partial charge on any atom is -0.463 e. The average molecular weight is 623 g/mol. The lowest BCUT2D eigenvalue weighted by Crippen LogP contribution is -2.24. The number of rotatable bonds is 32. The normalized spacial score (nSPS) is 14.7. The number of aliphatic hydroxyl groups excluding tert-OH is 3. The molecular formula is C32H63O9P. The number of phosphoric ester groups is 1. The van der Waals surface area contributed by atoms with Gasteiger partial charge in [-0.2, -0.15) is 0 Å². The Bertz CT molecular complexity index is 674. The summed E-state index contributed by atoms with van der Waals surface area (Å²) in [7, 11) is -4.49. The summed E-state index contributed by atoms with van der Waals surface area (Å²) in [6, 6.07) is 0. The number of carbonyl (C=O) groups excluding carboxylic acids is 1. The largest absolute Gasteiger partial charge is 0.472 e. The highest BCUT2D eigenvalue weighted by atomic mass is 31.2. The van der Waals surface area contributed by atoms with Gasteiger partial charge in [0.2, 0.25) is 0 Å². The molecule has 4 N–H and O–H groups in total. The van der Waals surface area contributed by atoms with E-state index in [0.29, 0.717) is 0 Å². The second kappa shape index (κ2) is 30.2. The molecule has 250 valence electrons. The van der Waals surface area contributed by atoms with Crippen molar-refractivity contribution in [2.75, 3.05) is 26.4 Å². The van der Waals surface area contributed by atoms with E-state index in [1.54, 1.807) is 0 Å². The van der Waals surface area contributed by atoms with Crippen molar-refractivity contribution >= 4 is 13.8 Å². The summed E-state index contributed by atoms with van der Waals surface area (Å²) in [6.07, 6.45) is 29.0. The molecule has 0 heterocycles. The predicted octanol–water partition coefficient (Wildman–Crippen LogP) is 7.54. The van der Waals surface area contributed by atoms with Crippen LogP contribution in [0.5, 0.6) is 0 Å². The van der Waals surface area contributed by atoms with Crippen molar-refractivity contribution in [3.05, 3.63) is 12.2 Å². The van der Waals surface area contributed by atoms with Crippen LogP contribution in [0.4, 0.5) is 0 Å². The van der Waals surface area contributed by atoms with E-state index in [9.17, 15) is 19.4 Å². The van der Waals surface area contributed by atoms with E-state index < -0.39 is 45.8 Å². The molecule has 0 fully saturated rings. The van der Waals surface area contributed by atoms with E-state index in [1.807, 2.05) is 0 Å². The summed E-state index contributed by atoms with van der Waals surface area (Å²) >= 11 is 0. The van der Waals surface area contributed by atoms with Gasteiger partial charge in [0.1, 0.15) is 18.8 Å². The maximum absolute atomic E-state index is 11.8. The number of carbonyl (C=O) groups is 1. The molecule has 42 heavy (non-hydrogen) atoms. The van der Waals surface area contributed by atoms with Gasteiger partial charge in [-0.3, -0.25) is 13.8 Å². The Morgan fingerprint density at radius 1 is 0.643 bits per heavy atom. The third-order valence-electron chi connectivity index (χ3n) is 7.15. The zero-order valence-corrected chi connectivity index (χ0v) is 27.4. The zero-order valence-electron chi connectivity index (χ0n) is 26.5. The van der Waals surface area contributed by atoms with Crippen molar-refractivity contribution in [3.63, 3.8) is 0 Å². The first-order valence-corrected chi connectivity index (χ1v) is 18.2. The Kier molecular flexibility index (Phi) is 29.7. The summed E-state index contributed by atoms with van der Waals surface area (Å²) in [5.41, 5.74) is 0. The standard InChI is InChI=1S/C32H63O9P/c1-2-3-4-5-6-7-8-9-10-11-12-13-14-15-16-17-18-19-20-21-22-23-24-25-32(36)39-27-31(35)29-41-42(37,38)40-28-30(34)26-33/h11-12,30-31,33-35H,2-10,13-29H2,1H3,(H,37,38)/b12-11-. The Morgan fingerprint density at radius 3 is 1.50 bits per heavy atom. The maximum Gasteiger partial charge on any atom is 0.472 e. The fraction of sp³-hybridized carbons (Fsp3) is 0.906. The molecule has 0 aliphatic rings. The number of hydrogen-bond acceptors (Lipinski definition) is 8. The van der Waals surface area contributed by atoms with E-state index in [1.165, 1.54) is 116 Å². The number of aliphatic hydroxyl groups is 3. The Labute approximate surface area is 256 Å². The van der Waals surface area contributed by atoms with Crippen LogP contribution < -0.4 is 0 Å². The van der Waals surface area contributed by atoms with Gasteiger partial charge >= 0.3 is 13.8 Å². The molecular weight excluding hydrogens is 559 g/mol. The van der Waals surface area contributed by atoms with Gasteiger partial charge in [0.05, 0.1) is 19.8 Å². The van der Waals surface area contributed by atoms with Crippen LogP contribution >= 0.6 is 7.82 Å². The van der Waals surface area contributed by atoms with Crippen LogP contribution in [0.1, 0.15) is 148 Å². The van der Waals surface area contributed by atoms with Crippen LogP contribution in [-0.4, -0.2) is 64.8 Å². The number of ether oxygens (including phenoxy) is 1. The Morgan fingerprint density at radius 2 is 1.05 bits per heavy atom. The smallest absolute Gasteiger partial charge is 0.463 e. The average Bonchev–Trinajstić information content (AvgIpc) is 2.98. The van der Waals surface area contributed by atoms with Crippen molar-refractivity contribution < 1.29 is 43.4 Å². The molecule has 0 spiro atoms. The molecule has 0 radical (unpaired) electrons. The third-order valence-corrected chi connectivity index (χ3v) is 8.10. The minimum absolute atomic E-state index is 0.266. The highest BCUT2D eigenvalue weighted by Gasteiger charge is 2.24. The van der Waals surface area contributed by atoms with Crippen molar-refractivity contribution in [2.24, 2.45) is 0 Å². The van der Waals surface area contributed by atoms with Gasteiger partial charge in [-0.25, -0.2) is 4.57 Å². The summed E-state index contributed by atoms with van der Waals surface area (Å²) in [5.74, 6) is -0.428. The topological polar surface area (TPSA) is 143 Å². The monoisotopic (exact) mass is 622 g/mol. The highest BCUT2D eigenvalue weighted by molar-refractivity contribution is 7.47. The highest BCUT2D eigenvalue weighted by Crippen LogP contribution is 2.43. The number of esters is 1. The van der Waals surface area contributed by atoms with Gasteiger partial charge in [-0.15, -0.1) is 0 Å². The van der Waals surface area contributed by atoms with Crippen LogP contribution in [0, 0.1) is 0 Å². The molecule has 10 heteroatoms. The van der Waals surface area contributed by atoms with Crippen LogP contribution in [-0.2, 0) is 23.1 Å². The van der Waals surface area contributed by atoms with E-state index >= 15 is 0 Å². The van der Waals surface area contributed by atoms with Crippen molar-refractivity contribution in [1.82, 2.24) is 0 Å². The van der Waals surface area contributed by atoms with E-state index in [4.69, 9.17) is 14.9 Å². The van der Waals surface area contributed by atoms with Crippen molar-refractivity contribution in [1.29, 1.82) is 0 Å². The van der Waals surface area contributed by atoms with E-state index in [-0.39, 0.29) is 13.0 Å². The van der Waals surface area contributed by atoms with Gasteiger partial charge in [0.15, 0.2) is 0 Å². The second-order valence-electron chi connectivity index (χ2n) is 11.4. The summed E-state index contributed by atoms with van der Waals surface area (Å²) in [6.45, 7) is 0.122. The van der Waals surface area contributed by atoms with Gasteiger partial charge in [0.25, 0.3) is 0 Å². The number of hydrogen-bond donors (Lipinski definition) is 4. The maximum atomic E-state index is 11.8. The molecule has 0 saturated heterocycles. The van der Waals surface area contributed by atoms with Crippen molar-refractivity contribution in [3.8, 4) is 0 Å². The molecule has 0 aromatic rings. The minimum atomic E-state index is -4.49. The van der Waals surface area contributed by atoms with Crippen LogP contribution in [0.3, 0.4) is 0 Å². The fourth-order valence-electron chi connectivity index (χ4n) is 4.51. The first-order chi connectivity index (χ1) is 20.3. The second-order valence-corrected chi connectivity index (χ2v) is 12.8. The number of phosphoric acid groups is 1. The molecule has 3 unspecified atom stereocenters. The fourth-order valence-corrected chi connectivity index (χ4v) is 5.31. The molecule has 0 aromatic heterocycles. The molecule has 0 aliphatic carbocycles. The lowest BCUT2D eigenvalue weighted by atomic mass is 10.0. The molecule has 0 saturated carbocycles. The lowest BCUT2D eigenvalue weighted by Gasteiger charge is -2.16. The molecule has 0 amide bonds. The zero-order chi connectivity index (χ0) is 31.2. The quantitative estimate of drug-likeness (QED) is 0.0259. The van der Waals surface area contributed by atoms with Crippen molar-refractivity contribution in [2.45, 2.75) is 160 Å². The third kappa shape index (κ3) is 30.7. The molecule has 0 aromatic carbocycles. The van der Waals surface area contributed by atoms with Gasteiger partial charge in [-0.1, -0.05) is 122 Å². The van der Waals surface area contributed by atoms with E-state index in [0.717, 1.165) is 19.3 Å². The van der Waals surface area contributed by atoms with Crippen LogP contribution in [0.2, 0.25) is 0 Å². The molecule has 0 rings (SSSR count). The van der Waals surface area contributed by atoms with Gasteiger partial charge < -0.3 is 24.9 Å². The summed E-state index contributed by atoms with van der Waals surface area (Å²) in [4.78, 5) is 21.2. The SMILES string of the molecule is CCCCCCCCCC/C=C\CCCCCCCCCCCCCC(=O)OCC(O)COP(=O)(O)OCC(O)CO. The first-order valence-electron chi connectivity index (χ1n) is 16.7.